The van der Waals surface area contributed by atoms with Crippen LogP contribution < -0.4 is 0 Å². The van der Waals surface area contributed by atoms with Crippen LogP contribution >= 0.6 is 23.4 Å². The van der Waals surface area contributed by atoms with E-state index in [1.807, 2.05) is 11.8 Å². The summed E-state index contributed by atoms with van der Waals surface area (Å²) in [6.45, 7) is 0. The van der Waals surface area contributed by atoms with E-state index in [0.29, 0.717) is 5.76 Å². The highest BCUT2D eigenvalue weighted by Crippen LogP contribution is 2.35. The third-order valence-corrected chi connectivity index (χ3v) is 3.79. The normalized spacial score (nSPS) is 17.9. The van der Waals surface area contributed by atoms with Crippen LogP contribution in [0.25, 0.3) is 0 Å². The lowest BCUT2D eigenvalue weighted by Crippen LogP contribution is -2.11. The van der Waals surface area contributed by atoms with Gasteiger partial charge in [-0.25, -0.2) is 4.79 Å². The molecule has 0 aliphatic carbocycles. The van der Waals surface area contributed by atoms with E-state index < -0.39 is 5.97 Å². The molecule has 2 heterocycles. The van der Waals surface area contributed by atoms with Crippen molar-refractivity contribution in [1.82, 2.24) is 5.16 Å². The fraction of sp³-hybridized carbons (Fsp3) is 0.556. The summed E-state index contributed by atoms with van der Waals surface area (Å²) in [5, 5.41) is 12.4. The van der Waals surface area contributed by atoms with Crippen LogP contribution in [-0.4, -0.2) is 27.7 Å². The fourth-order valence-corrected chi connectivity index (χ4v) is 3.03. The Morgan fingerprint density at radius 1 is 1.53 bits per heavy atom. The topological polar surface area (TPSA) is 63.3 Å². The number of carbonyl (C=O) groups is 1. The van der Waals surface area contributed by atoms with E-state index in [0.717, 1.165) is 24.3 Å². The van der Waals surface area contributed by atoms with E-state index in [9.17, 15) is 4.79 Å². The Morgan fingerprint density at radius 2 is 2.20 bits per heavy atom. The minimum Gasteiger partial charge on any atom is -0.477 e. The molecule has 1 aromatic heterocycles. The summed E-state index contributed by atoms with van der Waals surface area (Å²) in [7, 11) is 0. The molecule has 0 amide bonds. The third-order valence-electron chi connectivity index (χ3n) is 2.48. The number of nitrogens with zero attached hydrogens (tertiary/aromatic N) is 1. The molecule has 0 atom stereocenters. The maximum absolute atomic E-state index is 11.0. The molecule has 0 bridgehead atoms. The lowest BCUT2D eigenvalue weighted by Gasteiger charge is -2.18. The van der Waals surface area contributed by atoms with Gasteiger partial charge in [-0.1, -0.05) is 16.8 Å². The SMILES string of the molecule is O=C(O)c1c(Cl)noc1C1CCSCC1. The first-order chi connectivity index (χ1) is 7.20. The highest BCUT2D eigenvalue weighted by molar-refractivity contribution is 7.99. The second kappa shape index (κ2) is 4.45. The minimum absolute atomic E-state index is 0.0357. The van der Waals surface area contributed by atoms with E-state index in [4.69, 9.17) is 21.2 Å². The maximum Gasteiger partial charge on any atom is 0.342 e. The van der Waals surface area contributed by atoms with Crippen molar-refractivity contribution in [2.24, 2.45) is 0 Å². The van der Waals surface area contributed by atoms with Crippen LogP contribution in [0, 0.1) is 0 Å². The van der Waals surface area contributed by atoms with E-state index in [1.165, 1.54) is 0 Å². The first-order valence-electron chi connectivity index (χ1n) is 4.66. The molecule has 4 nitrogen and oxygen atoms in total. The molecule has 0 aromatic carbocycles. The van der Waals surface area contributed by atoms with Gasteiger partial charge in [-0.2, -0.15) is 11.8 Å². The van der Waals surface area contributed by atoms with Crippen molar-refractivity contribution in [2.45, 2.75) is 18.8 Å². The molecule has 0 unspecified atom stereocenters. The van der Waals surface area contributed by atoms with Crippen LogP contribution in [0.15, 0.2) is 4.52 Å². The number of rotatable bonds is 2. The number of hydrogen-bond acceptors (Lipinski definition) is 4. The van der Waals surface area contributed by atoms with Gasteiger partial charge in [0.15, 0.2) is 10.9 Å². The average Bonchev–Trinajstić information content (AvgIpc) is 2.61. The summed E-state index contributed by atoms with van der Waals surface area (Å²) in [5.41, 5.74) is 0.0357. The van der Waals surface area contributed by atoms with Crippen molar-refractivity contribution >= 4 is 29.3 Å². The van der Waals surface area contributed by atoms with Crippen LogP contribution in [-0.2, 0) is 0 Å². The first kappa shape index (κ1) is 10.8. The molecule has 0 spiro atoms. The van der Waals surface area contributed by atoms with Gasteiger partial charge in [0.1, 0.15) is 5.56 Å². The van der Waals surface area contributed by atoms with E-state index in [1.54, 1.807) is 0 Å². The maximum atomic E-state index is 11.0. The van der Waals surface area contributed by atoms with Crippen LogP contribution in [0.1, 0.15) is 34.9 Å². The van der Waals surface area contributed by atoms with Crippen LogP contribution in [0.3, 0.4) is 0 Å². The van der Waals surface area contributed by atoms with Gasteiger partial charge in [0, 0.05) is 5.92 Å². The zero-order valence-electron chi connectivity index (χ0n) is 7.90. The largest absolute Gasteiger partial charge is 0.477 e. The van der Waals surface area contributed by atoms with E-state index in [2.05, 4.69) is 5.16 Å². The summed E-state index contributed by atoms with van der Waals surface area (Å²) >= 11 is 7.54. The van der Waals surface area contributed by atoms with Gasteiger partial charge in [-0.15, -0.1) is 0 Å². The minimum atomic E-state index is -1.06. The van der Waals surface area contributed by atoms with Crippen LogP contribution in [0.2, 0.25) is 5.15 Å². The lowest BCUT2D eigenvalue weighted by atomic mass is 9.97. The van der Waals surface area contributed by atoms with E-state index >= 15 is 0 Å². The molecule has 1 fully saturated rings. The second-order valence-corrected chi connectivity index (χ2v) is 4.99. The van der Waals surface area contributed by atoms with Crippen molar-refractivity contribution in [3.05, 3.63) is 16.5 Å². The zero-order chi connectivity index (χ0) is 10.8. The summed E-state index contributed by atoms with van der Waals surface area (Å²) in [6.07, 6.45) is 1.85. The molecule has 0 saturated carbocycles. The van der Waals surface area contributed by atoms with Gasteiger partial charge in [0.2, 0.25) is 0 Å². The number of thioether (sulfide) groups is 1. The molecule has 0 radical (unpaired) electrons. The van der Waals surface area contributed by atoms with Crippen molar-refractivity contribution in [2.75, 3.05) is 11.5 Å². The van der Waals surface area contributed by atoms with Gasteiger partial charge in [-0.3, -0.25) is 0 Å². The first-order valence-corrected chi connectivity index (χ1v) is 6.19. The van der Waals surface area contributed by atoms with Gasteiger partial charge in [-0.05, 0) is 24.3 Å². The summed E-state index contributed by atoms with van der Waals surface area (Å²) in [5.74, 6) is 1.59. The highest BCUT2D eigenvalue weighted by atomic mass is 35.5. The standard InChI is InChI=1S/C9H10ClNO3S/c10-8-6(9(12)13)7(14-11-8)5-1-3-15-4-2-5/h5H,1-4H2,(H,12,13). The summed E-state index contributed by atoms with van der Waals surface area (Å²) in [6, 6.07) is 0. The lowest BCUT2D eigenvalue weighted by molar-refractivity contribution is 0.0693. The predicted molar refractivity (Wildman–Crippen MR) is 57.8 cm³/mol. The number of carboxylic acid groups (broad SMARTS) is 1. The number of aromatic carboxylic acids is 1. The van der Waals surface area contributed by atoms with Crippen molar-refractivity contribution in [1.29, 1.82) is 0 Å². The molecule has 1 N–H and O–H groups in total. The number of halogens is 1. The molecular formula is C9H10ClNO3S. The predicted octanol–water partition coefficient (Wildman–Crippen LogP) is 2.64. The third kappa shape index (κ3) is 2.13. The van der Waals surface area contributed by atoms with Crippen LogP contribution in [0.5, 0.6) is 0 Å². The molecule has 1 aliphatic heterocycles. The molecule has 82 valence electrons. The van der Waals surface area contributed by atoms with Gasteiger partial charge >= 0.3 is 5.97 Å². The monoisotopic (exact) mass is 247 g/mol. The quantitative estimate of drug-likeness (QED) is 0.870. The molecule has 1 aromatic rings. The Hall–Kier alpha value is -0.680. The smallest absolute Gasteiger partial charge is 0.342 e. The van der Waals surface area contributed by atoms with Crippen molar-refractivity contribution in [3.63, 3.8) is 0 Å². The molecular weight excluding hydrogens is 238 g/mol. The Balaban J connectivity index is 2.30. The van der Waals surface area contributed by atoms with Crippen molar-refractivity contribution in [3.8, 4) is 0 Å². The molecule has 6 heteroatoms. The van der Waals surface area contributed by atoms with Gasteiger partial charge < -0.3 is 9.63 Å². The Kier molecular flexibility index (Phi) is 3.21. The Labute approximate surface area is 96.0 Å². The van der Waals surface area contributed by atoms with E-state index in [-0.39, 0.29) is 16.6 Å². The second-order valence-electron chi connectivity index (χ2n) is 3.40. The fourth-order valence-electron chi connectivity index (χ4n) is 1.71. The highest BCUT2D eigenvalue weighted by Gasteiger charge is 2.28. The van der Waals surface area contributed by atoms with Gasteiger partial charge in [0.05, 0.1) is 0 Å². The zero-order valence-corrected chi connectivity index (χ0v) is 9.48. The average molecular weight is 248 g/mol. The number of hydrogen-bond donors (Lipinski definition) is 1. The molecule has 2 rings (SSSR count). The number of carboxylic acids is 1. The van der Waals surface area contributed by atoms with Crippen molar-refractivity contribution < 1.29 is 14.4 Å². The van der Waals surface area contributed by atoms with Gasteiger partial charge in [0.25, 0.3) is 0 Å². The summed E-state index contributed by atoms with van der Waals surface area (Å²) in [4.78, 5) is 11.0. The molecule has 1 aliphatic rings. The summed E-state index contributed by atoms with van der Waals surface area (Å²) < 4.78 is 5.02. The molecule has 1 saturated heterocycles. The Morgan fingerprint density at radius 3 is 2.80 bits per heavy atom. The van der Waals surface area contributed by atoms with Crippen LogP contribution in [0.4, 0.5) is 0 Å². The Bertz CT molecular complexity index is 373. The molecule has 15 heavy (non-hydrogen) atoms. The number of aromatic nitrogens is 1.